The van der Waals surface area contributed by atoms with E-state index in [-0.39, 0.29) is 27.5 Å². The van der Waals surface area contributed by atoms with E-state index < -0.39 is 0 Å². The molecule has 0 aliphatic carbocycles. The first-order valence-electron chi connectivity index (χ1n) is 7.46. The molecule has 0 aliphatic heterocycles. The molecule has 2 heterocycles. The zero-order valence-electron chi connectivity index (χ0n) is 14.2. The van der Waals surface area contributed by atoms with Crippen molar-refractivity contribution < 1.29 is 15.0 Å². The standard InChI is InChI=1S/C19H16N2O3S2/c1-5-13-7-20-11(3)17(22)15(13)9-25-19(24)26-10-16-14(6-2)8-21-12(4)18(16)23/h1-2,7-8,22-23H,9-10H2,3-4H3. The van der Waals surface area contributed by atoms with Crippen LogP contribution in [0.1, 0.15) is 33.6 Å². The fourth-order valence-electron chi connectivity index (χ4n) is 2.14. The Kier molecular flexibility index (Phi) is 6.57. The number of aromatic nitrogens is 2. The summed E-state index contributed by atoms with van der Waals surface area (Å²) in [5, 5.41) is 20.2. The van der Waals surface area contributed by atoms with Gasteiger partial charge in [-0.05, 0) is 13.8 Å². The minimum absolute atomic E-state index is 0.00257. The fourth-order valence-corrected chi connectivity index (χ4v) is 3.93. The highest BCUT2D eigenvalue weighted by molar-refractivity contribution is 8.37. The van der Waals surface area contributed by atoms with Crippen molar-refractivity contribution in [2.75, 3.05) is 0 Å². The van der Waals surface area contributed by atoms with Gasteiger partial charge < -0.3 is 10.2 Å². The van der Waals surface area contributed by atoms with Crippen LogP contribution in [-0.4, -0.2) is 24.6 Å². The van der Waals surface area contributed by atoms with E-state index in [1.165, 1.54) is 12.4 Å². The van der Waals surface area contributed by atoms with Gasteiger partial charge >= 0.3 is 0 Å². The van der Waals surface area contributed by atoms with Crippen LogP contribution in [0.25, 0.3) is 0 Å². The molecule has 0 saturated heterocycles. The highest BCUT2D eigenvalue weighted by Crippen LogP contribution is 2.33. The number of rotatable bonds is 4. The van der Waals surface area contributed by atoms with Crippen molar-refractivity contribution in [1.82, 2.24) is 9.97 Å². The van der Waals surface area contributed by atoms with E-state index in [0.29, 0.717) is 33.6 Å². The molecular formula is C19H16N2O3S2. The number of thioether (sulfide) groups is 2. The molecule has 2 aromatic heterocycles. The predicted octanol–water partition coefficient (Wildman–Crippen LogP) is 3.75. The van der Waals surface area contributed by atoms with Gasteiger partial charge in [0.15, 0.2) is 0 Å². The molecule has 0 unspecified atom stereocenters. The number of pyridine rings is 2. The van der Waals surface area contributed by atoms with Gasteiger partial charge in [-0.1, -0.05) is 35.4 Å². The molecule has 2 rings (SSSR count). The van der Waals surface area contributed by atoms with Crippen LogP contribution in [0, 0.1) is 38.5 Å². The summed E-state index contributed by atoms with van der Waals surface area (Å²) in [7, 11) is 0. The third-order valence-corrected chi connectivity index (χ3v) is 5.71. The number of aromatic hydroxyl groups is 2. The summed E-state index contributed by atoms with van der Waals surface area (Å²) in [6.45, 7) is 3.33. The van der Waals surface area contributed by atoms with Crippen LogP contribution < -0.4 is 0 Å². The number of aryl methyl sites for hydroxylation is 2. The smallest absolute Gasteiger partial charge is 0.246 e. The first-order valence-corrected chi connectivity index (χ1v) is 9.43. The number of nitrogens with zero attached hydrogens (tertiary/aromatic N) is 2. The van der Waals surface area contributed by atoms with Crippen LogP contribution in [0.3, 0.4) is 0 Å². The number of carbonyl (C=O) groups is 1. The lowest BCUT2D eigenvalue weighted by Crippen LogP contribution is -1.97. The summed E-state index contributed by atoms with van der Waals surface area (Å²) in [6.07, 6.45) is 13.8. The Labute approximate surface area is 160 Å². The average molecular weight is 384 g/mol. The van der Waals surface area contributed by atoms with Gasteiger partial charge in [0.1, 0.15) is 11.5 Å². The molecule has 0 fully saturated rings. The summed E-state index contributed by atoms with van der Waals surface area (Å²) in [5.41, 5.74) is 2.83. The van der Waals surface area contributed by atoms with Crippen molar-refractivity contribution in [2.24, 2.45) is 0 Å². The molecular weight excluding hydrogens is 368 g/mol. The summed E-state index contributed by atoms with van der Waals surface area (Å²) >= 11 is 2.03. The summed E-state index contributed by atoms with van der Waals surface area (Å²) in [4.78, 5) is 20.2. The Morgan fingerprint density at radius 1 is 0.962 bits per heavy atom. The van der Waals surface area contributed by atoms with Crippen molar-refractivity contribution in [3.8, 4) is 36.2 Å². The van der Waals surface area contributed by atoms with E-state index in [9.17, 15) is 15.0 Å². The molecule has 0 spiro atoms. The molecule has 0 amide bonds. The Morgan fingerprint density at radius 2 is 1.35 bits per heavy atom. The maximum absolute atomic E-state index is 12.2. The second-order valence-corrected chi connectivity index (χ2v) is 7.44. The molecule has 0 aliphatic rings. The lowest BCUT2D eigenvalue weighted by atomic mass is 10.1. The van der Waals surface area contributed by atoms with Crippen LogP contribution >= 0.6 is 23.5 Å². The van der Waals surface area contributed by atoms with E-state index in [1.807, 2.05) is 0 Å². The van der Waals surface area contributed by atoms with Gasteiger partial charge in [-0.2, -0.15) is 0 Å². The van der Waals surface area contributed by atoms with Crippen LogP contribution in [0.15, 0.2) is 12.4 Å². The lowest BCUT2D eigenvalue weighted by molar-refractivity contribution is 0.276. The Hall–Kier alpha value is -2.61. The third kappa shape index (κ3) is 4.32. The zero-order chi connectivity index (χ0) is 19.3. The topological polar surface area (TPSA) is 83.3 Å². The van der Waals surface area contributed by atoms with Crippen molar-refractivity contribution in [3.05, 3.63) is 46.0 Å². The van der Waals surface area contributed by atoms with Gasteiger partial charge in [0, 0.05) is 35.0 Å². The van der Waals surface area contributed by atoms with Crippen molar-refractivity contribution in [1.29, 1.82) is 0 Å². The average Bonchev–Trinajstić information content (AvgIpc) is 2.63. The minimum Gasteiger partial charge on any atom is -0.506 e. The van der Waals surface area contributed by atoms with Crippen molar-refractivity contribution >= 4 is 28.0 Å². The second kappa shape index (κ2) is 8.66. The monoisotopic (exact) mass is 384 g/mol. The van der Waals surface area contributed by atoms with Crippen molar-refractivity contribution in [2.45, 2.75) is 25.4 Å². The third-order valence-electron chi connectivity index (χ3n) is 3.66. The van der Waals surface area contributed by atoms with E-state index in [4.69, 9.17) is 12.8 Å². The Balaban J connectivity index is 2.06. The molecule has 0 aromatic carbocycles. The maximum Gasteiger partial charge on any atom is 0.246 e. The Morgan fingerprint density at radius 3 is 1.69 bits per heavy atom. The van der Waals surface area contributed by atoms with Gasteiger partial charge in [-0.15, -0.1) is 12.8 Å². The van der Waals surface area contributed by atoms with E-state index in [0.717, 1.165) is 23.5 Å². The molecule has 132 valence electrons. The van der Waals surface area contributed by atoms with E-state index >= 15 is 0 Å². The van der Waals surface area contributed by atoms with Gasteiger partial charge in [0.25, 0.3) is 0 Å². The van der Waals surface area contributed by atoms with E-state index in [1.54, 1.807) is 13.8 Å². The van der Waals surface area contributed by atoms with Gasteiger partial charge in [-0.25, -0.2) is 0 Å². The Bertz CT molecular complexity index is 868. The van der Waals surface area contributed by atoms with E-state index in [2.05, 4.69) is 21.8 Å². The molecule has 26 heavy (non-hydrogen) atoms. The lowest BCUT2D eigenvalue weighted by Gasteiger charge is -2.10. The zero-order valence-corrected chi connectivity index (χ0v) is 15.9. The largest absolute Gasteiger partial charge is 0.506 e. The van der Waals surface area contributed by atoms with Crippen LogP contribution in [0.2, 0.25) is 0 Å². The van der Waals surface area contributed by atoms with Gasteiger partial charge in [0.2, 0.25) is 4.45 Å². The molecule has 0 saturated carbocycles. The number of hydrogen-bond acceptors (Lipinski definition) is 7. The summed E-state index contributed by atoms with van der Waals surface area (Å²) in [5.74, 6) is 5.37. The van der Waals surface area contributed by atoms with Crippen molar-refractivity contribution in [3.63, 3.8) is 0 Å². The van der Waals surface area contributed by atoms with Crippen LogP contribution in [0.5, 0.6) is 11.5 Å². The predicted molar refractivity (Wildman–Crippen MR) is 105 cm³/mol. The number of carbonyl (C=O) groups excluding carboxylic acids is 1. The summed E-state index contributed by atoms with van der Waals surface area (Å²) < 4.78 is -0.182. The first-order chi connectivity index (χ1) is 12.4. The highest BCUT2D eigenvalue weighted by atomic mass is 32.2. The summed E-state index contributed by atoms with van der Waals surface area (Å²) in [6, 6.07) is 0. The molecule has 2 N–H and O–H groups in total. The minimum atomic E-state index is -0.182. The number of terminal acetylenes is 2. The molecule has 2 aromatic rings. The normalized spacial score (nSPS) is 10.2. The van der Waals surface area contributed by atoms with Crippen LogP contribution in [0.4, 0.5) is 4.79 Å². The molecule has 5 nitrogen and oxygen atoms in total. The second-order valence-electron chi connectivity index (χ2n) is 5.28. The SMILES string of the molecule is C#Cc1cnc(C)c(O)c1CSC(=O)SCc1c(C#C)cnc(C)c1O. The molecule has 7 heteroatoms. The maximum atomic E-state index is 12.2. The van der Waals surface area contributed by atoms with Gasteiger partial charge in [0.05, 0.1) is 22.5 Å². The highest BCUT2D eigenvalue weighted by Gasteiger charge is 2.16. The van der Waals surface area contributed by atoms with Crippen LogP contribution in [-0.2, 0) is 11.5 Å². The fraction of sp³-hybridized carbons (Fsp3) is 0.211. The number of hydrogen-bond donors (Lipinski definition) is 2. The first kappa shape index (κ1) is 19.7. The quantitative estimate of drug-likeness (QED) is 0.777. The molecule has 0 atom stereocenters. The van der Waals surface area contributed by atoms with Gasteiger partial charge in [-0.3, -0.25) is 14.8 Å². The molecule has 0 bridgehead atoms. The molecule has 0 radical (unpaired) electrons.